The van der Waals surface area contributed by atoms with Gasteiger partial charge in [0.05, 0.1) is 18.9 Å². The van der Waals surface area contributed by atoms with Gasteiger partial charge in [-0.3, -0.25) is 19.4 Å². The monoisotopic (exact) mass is 404 g/mol. The summed E-state index contributed by atoms with van der Waals surface area (Å²) in [5.74, 6) is -6.44. The standard InChI is InChI=1S/C14H24N6O8/c15-6(11(24)20-8(13(27)28)5-10(22)23)4-9(21)19-7(12(25)26)2-1-3-18-14(16)17/h6-8H,1-5,15H2,(H,19,21)(H,20,24)(H,22,23)(H,25,26)(H,27,28)(H4,16,17,18)/t6?,7-,8?/m0/s1. The first-order valence-electron chi connectivity index (χ1n) is 8.02. The van der Waals surface area contributed by atoms with Gasteiger partial charge in [-0.1, -0.05) is 0 Å². The van der Waals surface area contributed by atoms with Crippen LogP contribution in [-0.2, 0) is 24.0 Å². The number of carbonyl (C=O) groups is 5. The van der Waals surface area contributed by atoms with Crippen molar-refractivity contribution in [2.24, 2.45) is 22.2 Å². The van der Waals surface area contributed by atoms with Crippen molar-refractivity contribution in [1.82, 2.24) is 10.6 Å². The molecule has 0 aliphatic heterocycles. The van der Waals surface area contributed by atoms with E-state index in [-0.39, 0.29) is 25.3 Å². The third kappa shape index (κ3) is 10.5. The minimum atomic E-state index is -1.72. The molecule has 28 heavy (non-hydrogen) atoms. The third-order valence-corrected chi connectivity index (χ3v) is 3.31. The quantitative estimate of drug-likeness (QED) is 0.0843. The average molecular weight is 404 g/mol. The molecule has 0 aromatic heterocycles. The number of hydrogen-bond acceptors (Lipinski definition) is 7. The lowest BCUT2D eigenvalue weighted by Gasteiger charge is -2.18. The van der Waals surface area contributed by atoms with Gasteiger partial charge in [-0.05, 0) is 12.8 Å². The molecule has 0 aromatic rings. The molecule has 0 aliphatic carbocycles. The number of nitrogens with zero attached hydrogens (tertiary/aromatic N) is 1. The van der Waals surface area contributed by atoms with E-state index in [2.05, 4.69) is 10.3 Å². The van der Waals surface area contributed by atoms with Gasteiger partial charge in [-0.25, -0.2) is 9.59 Å². The normalized spacial score (nSPS) is 13.5. The lowest BCUT2D eigenvalue weighted by Crippen LogP contribution is -2.51. The van der Waals surface area contributed by atoms with E-state index in [1.807, 2.05) is 5.32 Å². The molecule has 11 N–H and O–H groups in total. The van der Waals surface area contributed by atoms with Crippen molar-refractivity contribution in [3.63, 3.8) is 0 Å². The summed E-state index contributed by atoms with van der Waals surface area (Å²) in [6, 6.07) is -4.50. The maximum absolute atomic E-state index is 11.9. The van der Waals surface area contributed by atoms with Crippen molar-refractivity contribution in [1.29, 1.82) is 0 Å². The summed E-state index contributed by atoms with van der Waals surface area (Å²) < 4.78 is 0. The highest BCUT2D eigenvalue weighted by Gasteiger charge is 2.27. The Hall–Kier alpha value is -3.42. The Morgan fingerprint density at radius 1 is 0.893 bits per heavy atom. The highest BCUT2D eigenvalue weighted by Crippen LogP contribution is 2.01. The molecule has 14 heteroatoms. The van der Waals surface area contributed by atoms with E-state index < -0.39 is 60.7 Å². The summed E-state index contributed by atoms with van der Waals surface area (Å²) in [5, 5.41) is 30.7. The molecule has 2 amide bonds. The first kappa shape index (κ1) is 24.6. The highest BCUT2D eigenvalue weighted by molar-refractivity contribution is 5.92. The number of aliphatic imine (C=N–C) groups is 1. The Kier molecular flexibility index (Phi) is 10.6. The third-order valence-electron chi connectivity index (χ3n) is 3.31. The Labute approximate surface area is 159 Å². The summed E-state index contributed by atoms with van der Waals surface area (Å²) in [4.78, 5) is 60.1. The van der Waals surface area contributed by atoms with Gasteiger partial charge in [-0.2, -0.15) is 0 Å². The molecule has 0 heterocycles. The number of carboxylic acid groups (broad SMARTS) is 3. The number of hydrogen-bond donors (Lipinski definition) is 8. The van der Waals surface area contributed by atoms with E-state index in [0.29, 0.717) is 0 Å². The van der Waals surface area contributed by atoms with Crippen molar-refractivity contribution < 1.29 is 39.3 Å². The maximum atomic E-state index is 11.9. The summed E-state index contributed by atoms with van der Waals surface area (Å²) in [6.07, 6.45) is -1.24. The molecule has 2 unspecified atom stereocenters. The summed E-state index contributed by atoms with van der Waals surface area (Å²) >= 11 is 0. The van der Waals surface area contributed by atoms with Crippen molar-refractivity contribution >= 4 is 35.7 Å². The Balaban J connectivity index is 4.65. The number of nitrogens with one attached hydrogen (secondary N) is 2. The largest absolute Gasteiger partial charge is 0.481 e. The zero-order valence-corrected chi connectivity index (χ0v) is 14.8. The molecule has 14 nitrogen and oxygen atoms in total. The average Bonchev–Trinajstić information content (AvgIpc) is 2.55. The highest BCUT2D eigenvalue weighted by atomic mass is 16.4. The van der Waals surface area contributed by atoms with Gasteiger partial charge in [0.2, 0.25) is 11.8 Å². The second-order valence-corrected chi connectivity index (χ2v) is 5.72. The van der Waals surface area contributed by atoms with E-state index in [9.17, 15) is 24.0 Å². The van der Waals surface area contributed by atoms with Crippen molar-refractivity contribution in [3.05, 3.63) is 0 Å². The fourth-order valence-corrected chi connectivity index (χ4v) is 1.96. The molecule has 0 radical (unpaired) electrons. The molecular formula is C14H24N6O8. The molecule has 0 saturated heterocycles. The van der Waals surface area contributed by atoms with E-state index in [4.69, 9.17) is 32.5 Å². The van der Waals surface area contributed by atoms with E-state index in [1.54, 1.807) is 0 Å². The van der Waals surface area contributed by atoms with Crippen molar-refractivity contribution in [2.45, 2.75) is 43.8 Å². The first-order chi connectivity index (χ1) is 12.9. The number of amides is 2. The number of rotatable bonds is 13. The molecule has 0 saturated carbocycles. The van der Waals surface area contributed by atoms with Gasteiger partial charge < -0.3 is 43.2 Å². The van der Waals surface area contributed by atoms with Gasteiger partial charge in [0.1, 0.15) is 12.1 Å². The lowest BCUT2D eigenvalue weighted by atomic mass is 10.1. The fraction of sp³-hybridized carbons (Fsp3) is 0.571. The van der Waals surface area contributed by atoms with Crippen LogP contribution in [0, 0.1) is 0 Å². The van der Waals surface area contributed by atoms with E-state index in [0.717, 1.165) is 0 Å². The molecule has 0 rings (SSSR count). The topological polar surface area (TPSA) is 261 Å². The second-order valence-electron chi connectivity index (χ2n) is 5.72. The molecule has 0 bridgehead atoms. The summed E-state index contributed by atoms with van der Waals surface area (Å²) in [6.45, 7) is 0.157. The van der Waals surface area contributed by atoms with Crippen LogP contribution in [0.2, 0.25) is 0 Å². The minimum absolute atomic E-state index is 0.0129. The Bertz CT molecular complexity index is 633. The predicted octanol–water partition coefficient (Wildman–Crippen LogP) is -3.63. The molecule has 0 spiro atoms. The molecular weight excluding hydrogens is 380 g/mol. The van der Waals surface area contributed by atoms with Crippen LogP contribution in [0.1, 0.15) is 25.7 Å². The summed E-state index contributed by atoms with van der Waals surface area (Å²) in [7, 11) is 0. The van der Waals surface area contributed by atoms with Gasteiger partial charge in [0.25, 0.3) is 0 Å². The SMILES string of the molecule is NC(N)=NCCC[C@H](NC(=O)CC(N)C(=O)NC(CC(=O)O)C(=O)O)C(=O)O. The zero-order valence-electron chi connectivity index (χ0n) is 14.8. The Morgan fingerprint density at radius 2 is 1.46 bits per heavy atom. The van der Waals surface area contributed by atoms with Crippen molar-refractivity contribution in [3.8, 4) is 0 Å². The lowest BCUT2D eigenvalue weighted by molar-refractivity contribution is -0.147. The summed E-state index contributed by atoms with van der Waals surface area (Å²) in [5.41, 5.74) is 15.8. The van der Waals surface area contributed by atoms with Crippen LogP contribution < -0.4 is 27.8 Å². The van der Waals surface area contributed by atoms with Crippen LogP contribution in [0.25, 0.3) is 0 Å². The molecule has 0 aliphatic rings. The van der Waals surface area contributed by atoms with Crippen LogP contribution >= 0.6 is 0 Å². The molecule has 0 fully saturated rings. The van der Waals surface area contributed by atoms with Gasteiger partial charge in [0, 0.05) is 6.54 Å². The van der Waals surface area contributed by atoms with E-state index >= 15 is 0 Å². The first-order valence-corrected chi connectivity index (χ1v) is 8.02. The smallest absolute Gasteiger partial charge is 0.326 e. The van der Waals surface area contributed by atoms with Crippen LogP contribution in [0.15, 0.2) is 4.99 Å². The Morgan fingerprint density at radius 3 is 1.93 bits per heavy atom. The maximum Gasteiger partial charge on any atom is 0.326 e. The second kappa shape index (κ2) is 12.1. The minimum Gasteiger partial charge on any atom is -0.481 e. The van der Waals surface area contributed by atoms with E-state index in [1.165, 1.54) is 0 Å². The van der Waals surface area contributed by atoms with Crippen LogP contribution in [-0.4, -0.2) is 75.7 Å². The van der Waals surface area contributed by atoms with Gasteiger partial charge in [-0.15, -0.1) is 0 Å². The number of carboxylic acids is 3. The number of aliphatic carboxylic acids is 3. The zero-order chi connectivity index (χ0) is 21.9. The van der Waals surface area contributed by atoms with Crippen LogP contribution in [0.5, 0.6) is 0 Å². The van der Waals surface area contributed by atoms with Crippen LogP contribution in [0.4, 0.5) is 0 Å². The predicted molar refractivity (Wildman–Crippen MR) is 93.9 cm³/mol. The number of carbonyl (C=O) groups excluding carboxylic acids is 2. The van der Waals surface area contributed by atoms with Gasteiger partial charge >= 0.3 is 17.9 Å². The van der Waals surface area contributed by atoms with Gasteiger partial charge in [0.15, 0.2) is 5.96 Å². The fourth-order valence-electron chi connectivity index (χ4n) is 1.96. The molecule has 3 atom stereocenters. The molecule has 158 valence electrons. The van der Waals surface area contributed by atoms with Crippen molar-refractivity contribution in [2.75, 3.05) is 6.54 Å². The molecule has 0 aromatic carbocycles. The van der Waals surface area contributed by atoms with Crippen LogP contribution in [0.3, 0.4) is 0 Å². The number of nitrogens with two attached hydrogens (primary N) is 3. The number of guanidine groups is 1.